The summed E-state index contributed by atoms with van der Waals surface area (Å²) in [4.78, 5) is 18.2. The highest BCUT2D eigenvalue weighted by Gasteiger charge is 2.20. The summed E-state index contributed by atoms with van der Waals surface area (Å²) in [5.74, 6) is -0.0765. The summed E-state index contributed by atoms with van der Waals surface area (Å²) in [6.07, 6.45) is 1.64. The van der Waals surface area contributed by atoms with Gasteiger partial charge in [0.05, 0.1) is 11.6 Å². The van der Waals surface area contributed by atoms with Crippen molar-refractivity contribution in [3.8, 4) is 0 Å². The van der Waals surface area contributed by atoms with Gasteiger partial charge in [-0.25, -0.2) is 4.98 Å². The van der Waals surface area contributed by atoms with Gasteiger partial charge in [-0.15, -0.1) is 0 Å². The van der Waals surface area contributed by atoms with E-state index in [0.717, 1.165) is 5.56 Å². The molecule has 0 saturated carbocycles. The molecule has 2 aromatic rings. The van der Waals surface area contributed by atoms with Gasteiger partial charge in [-0.2, -0.15) is 0 Å². The maximum Gasteiger partial charge on any atom is 0.256 e. The van der Waals surface area contributed by atoms with Crippen LogP contribution in [-0.4, -0.2) is 22.8 Å². The molecule has 0 radical (unpaired) electrons. The number of benzene rings is 1. The molecule has 104 valence electrons. The summed E-state index contributed by atoms with van der Waals surface area (Å²) in [5.41, 5.74) is 1.58. The fourth-order valence-electron chi connectivity index (χ4n) is 1.88. The molecule has 1 amide bonds. The predicted molar refractivity (Wildman–Crippen MR) is 83.9 cm³/mol. The van der Waals surface area contributed by atoms with Crippen LogP contribution in [0.3, 0.4) is 0 Å². The second-order valence-electron chi connectivity index (χ2n) is 4.49. The molecule has 1 heterocycles. The van der Waals surface area contributed by atoms with Crippen molar-refractivity contribution in [1.29, 1.82) is 0 Å². The normalized spacial score (nSPS) is 12.0. The van der Waals surface area contributed by atoms with Gasteiger partial charge in [-0.1, -0.05) is 23.7 Å². The molecule has 1 aromatic heterocycles. The first kappa shape index (κ1) is 15.0. The van der Waals surface area contributed by atoms with E-state index in [4.69, 9.17) is 11.6 Å². The first-order valence-electron chi connectivity index (χ1n) is 6.14. The maximum absolute atomic E-state index is 12.5. The van der Waals surface area contributed by atoms with Crippen molar-refractivity contribution in [2.45, 2.75) is 13.0 Å². The number of carbonyl (C=O) groups is 1. The molecule has 0 aliphatic heterocycles. The number of amides is 1. The highest BCUT2D eigenvalue weighted by molar-refractivity contribution is 9.10. The summed E-state index contributed by atoms with van der Waals surface area (Å²) in [5, 5.41) is 0.685. The number of aromatic nitrogens is 1. The molecule has 0 saturated heterocycles. The number of halogens is 2. The lowest BCUT2D eigenvalue weighted by Crippen LogP contribution is -2.30. The van der Waals surface area contributed by atoms with Crippen molar-refractivity contribution >= 4 is 33.4 Å². The van der Waals surface area contributed by atoms with Crippen LogP contribution in [0.5, 0.6) is 0 Å². The molecule has 3 nitrogen and oxygen atoms in total. The van der Waals surface area contributed by atoms with Gasteiger partial charge in [0.1, 0.15) is 4.60 Å². The highest BCUT2D eigenvalue weighted by atomic mass is 79.9. The largest absolute Gasteiger partial charge is 0.335 e. The average Bonchev–Trinajstić information content (AvgIpc) is 2.46. The monoisotopic (exact) mass is 352 g/mol. The predicted octanol–water partition coefficient (Wildman–Crippen LogP) is 4.33. The zero-order valence-electron chi connectivity index (χ0n) is 11.2. The van der Waals surface area contributed by atoms with E-state index in [1.807, 2.05) is 31.2 Å². The number of hydrogen-bond donors (Lipinski definition) is 0. The Morgan fingerprint density at radius 2 is 1.95 bits per heavy atom. The van der Waals surface area contributed by atoms with Crippen LogP contribution in [0.15, 0.2) is 47.2 Å². The van der Waals surface area contributed by atoms with Crippen molar-refractivity contribution in [3.05, 3.63) is 63.3 Å². The van der Waals surface area contributed by atoms with E-state index < -0.39 is 0 Å². The van der Waals surface area contributed by atoms with E-state index in [2.05, 4.69) is 20.9 Å². The molecule has 1 aromatic carbocycles. The topological polar surface area (TPSA) is 33.2 Å². The molecule has 0 aliphatic carbocycles. The van der Waals surface area contributed by atoms with Gasteiger partial charge >= 0.3 is 0 Å². The molecule has 0 N–H and O–H groups in total. The summed E-state index contributed by atoms with van der Waals surface area (Å²) >= 11 is 9.18. The smallest absolute Gasteiger partial charge is 0.256 e. The average molecular weight is 354 g/mol. The van der Waals surface area contributed by atoms with E-state index >= 15 is 0 Å². The van der Waals surface area contributed by atoms with Crippen molar-refractivity contribution in [3.63, 3.8) is 0 Å². The third kappa shape index (κ3) is 3.19. The highest BCUT2D eigenvalue weighted by Crippen LogP contribution is 2.24. The van der Waals surface area contributed by atoms with Crippen molar-refractivity contribution in [1.82, 2.24) is 9.88 Å². The minimum absolute atomic E-state index is 0.0492. The number of pyridine rings is 1. The van der Waals surface area contributed by atoms with Crippen LogP contribution in [-0.2, 0) is 0 Å². The minimum Gasteiger partial charge on any atom is -0.335 e. The lowest BCUT2D eigenvalue weighted by Gasteiger charge is -2.25. The second kappa shape index (κ2) is 6.37. The summed E-state index contributed by atoms with van der Waals surface area (Å²) < 4.78 is 0.556. The van der Waals surface area contributed by atoms with Gasteiger partial charge in [0.25, 0.3) is 5.91 Å². The van der Waals surface area contributed by atoms with E-state index in [1.165, 1.54) is 0 Å². The maximum atomic E-state index is 12.5. The Hall–Kier alpha value is -1.39. The molecular weight excluding hydrogens is 340 g/mol. The molecule has 0 fully saturated rings. The summed E-state index contributed by atoms with van der Waals surface area (Å²) in [7, 11) is 1.78. The molecule has 0 spiro atoms. The van der Waals surface area contributed by atoms with Gasteiger partial charge in [-0.3, -0.25) is 4.79 Å². The van der Waals surface area contributed by atoms with Gasteiger partial charge in [0, 0.05) is 18.3 Å². The first-order valence-corrected chi connectivity index (χ1v) is 7.31. The zero-order valence-corrected chi connectivity index (χ0v) is 13.5. The molecule has 1 atom stereocenters. The molecular formula is C15H14BrClN2O. The summed E-state index contributed by atoms with van der Waals surface area (Å²) in [6.45, 7) is 1.98. The van der Waals surface area contributed by atoms with Crippen molar-refractivity contribution < 1.29 is 4.79 Å². The van der Waals surface area contributed by atoms with Crippen molar-refractivity contribution in [2.75, 3.05) is 7.05 Å². The SMILES string of the molecule is CC(c1ccc(Cl)cc1)N(C)C(=O)c1cccnc1Br. The Labute approximate surface area is 131 Å². The number of rotatable bonds is 3. The van der Waals surface area contributed by atoms with Crippen LogP contribution in [0.1, 0.15) is 28.9 Å². The molecule has 1 unspecified atom stereocenters. The van der Waals surface area contributed by atoms with Crippen LogP contribution in [0.2, 0.25) is 5.02 Å². The third-order valence-corrected chi connectivity index (χ3v) is 4.13. The van der Waals surface area contributed by atoms with Crippen LogP contribution in [0.25, 0.3) is 0 Å². The van der Waals surface area contributed by atoms with Crippen LogP contribution >= 0.6 is 27.5 Å². The van der Waals surface area contributed by atoms with Crippen LogP contribution in [0.4, 0.5) is 0 Å². The minimum atomic E-state index is -0.0765. The Kier molecular flexibility index (Phi) is 4.78. The molecule has 20 heavy (non-hydrogen) atoms. The quantitative estimate of drug-likeness (QED) is 0.769. The second-order valence-corrected chi connectivity index (χ2v) is 5.67. The Morgan fingerprint density at radius 1 is 1.30 bits per heavy atom. The Bertz CT molecular complexity index is 616. The van der Waals surface area contributed by atoms with Crippen molar-refractivity contribution in [2.24, 2.45) is 0 Å². The van der Waals surface area contributed by atoms with Crippen LogP contribution in [0, 0.1) is 0 Å². The first-order chi connectivity index (χ1) is 9.50. The fourth-order valence-corrected chi connectivity index (χ4v) is 2.42. The van der Waals surface area contributed by atoms with Gasteiger partial charge in [-0.05, 0) is 52.7 Å². The lowest BCUT2D eigenvalue weighted by molar-refractivity contribution is 0.0741. The van der Waals surface area contributed by atoms with E-state index in [1.54, 1.807) is 30.3 Å². The summed E-state index contributed by atoms with van der Waals surface area (Å²) in [6, 6.07) is 11.0. The van der Waals surface area contributed by atoms with Gasteiger partial charge in [0.2, 0.25) is 0 Å². The van der Waals surface area contributed by atoms with Gasteiger partial charge < -0.3 is 4.90 Å². The zero-order chi connectivity index (χ0) is 14.7. The number of carbonyl (C=O) groups excluding carboxylic acids is 1. The molecule has 5 heteroatoms. The molecule has 0 aliphatic rings. The fraction of sp³-hybridized carbons (Fsp3) is 0.200. The van der Waals surface area contributed by atoms with E-state index in [9.17, 15) is 4.79 Å². The van der Waals surface area contributed by atoms with Gasteiger partial charge in [0.15, 0.2) is 0 Å². The van der Waals surface area contributed by atoms with Crippen LogP contribution < -0.4 is 0 Å². The Balaban J connectivity index is 2.22. The number of hydrogen-bond acceptors (Lipinski definition) is 2. The lowest BCUT2D eigenvalue weighted by atomic mass is 10.1. The molecule has 0 bridgehead atoms. The van der Waals surface area contributed by atoms with E-state index in [-0.39, 0.29) is 11.9 Å². The van der Waals surface area contributed by atoms with E-state index in [0.29, 0.717) is 15.2 Å². The third-order valence-electron chi connectivity index (χ3n) is 3.24. The standard InChI is InChI=1S/C15H14BrClN2O/c1-10(11-5-7-12(17)8-6-11)19(2)15(20)13-4-3-9-18-14(13)16/h3-10H,1-2H3. The number of nitrogens with zero attached hydrogens (tertiary/aromatic N) is 2. The molecule has 2 rings (SSSR count). The Morgan fingerprint density at radius 3 is 2.55 bits per heavy atom.